The van der Waals surface area contributed by atoms with Crippen molar-refractivity contribution in [3.8, 4) is 11.5 Å². The smallest absolute Gasteiger partial charge is 0.234 e. The summed E-state index contributed by atoms with van der Waals surface area (Å²) in [5.41, 5.74) is 7.07. The molecule has 0 saturated heterocycles. The molecular weight excluding hydrogens is 438 g/mol. The minimum absolute atomic E-state index is 0.148. The van der Waals surface area contributed by atoms with Crippen LogP contribution < -0.4 is 15.8 Å². The van der Waals surface area contributed by atoms with E-state index in [1.54, 1.807) is 12.1 Å². The molecule has 0 radical (unpaired) electrons. The first-order chi connectivity index (χ1) is 15.8. The number of primary amides is 1. The van der Waals surface area contributed by atoms with Crippen molar-refractivity contribution in [2.75, 3.05) is 11.1 Å². The first-order valence-electron chi connectivity index (χ1n) is 10.8. The average Bonchev–Trinajstić information content (AvgIpc) is 3.13. The number of rotatable bonds is 11. The number of thioether (sulfide) groups is 1. The molecule has 8 nitrogen and oxygen atoms in total. The molecular formula is C24H29N5O3S. The lowest BCUT2D eigenvalue weighted by atomic mass is 10.2. The number of hydrogen-bond acceptors (Lipinski definition) is 6. The molecule has 0 bridgehead atoms. The molecule has 0 fully saturated rings. The highest BCUT2D eigenvalue weighted by molar-refractivity contribution is 7.99. The number of carbonyl (C=O) groups excluding carboxylic acids is 2. The van der Waals surface area contributed by atoms with E-state index in [1.165, 1.54) is 11.8 Å². The van der Waals surface area contributed by atoms with Crippen molar-refractivity contribution in [2.45, 2.75) is 45.3 Å². The lowest BCUT2D eigenvalue weighted by Crippen LogP contribution is -2.16. The third-order valence-electron chi connectivity index (χ3n) is 4.63. The van der Waals surface area contributed by atoms with Gasteiger partial charge in [0.05, 0.1) is 5.75 Å². The van der Waals surface area contributed by atoms with Gasteiger partial charge in [0, 0.05) is 25.1 Å². The fourth-order valence-electron chi connectivity index (χ4n) is 3.14. The summed E-state index contributed by atoms with van der Waals surface area (Å²) in [7, 11) is 0. The number of anilines is 1. The number of aromatic nitrogens is 3. The molecule has 9 heteroatoms. The largest absolute Gasteiger partial charge is 0.457 e. The molecule has 2 aromatic carbocycles. The Balaban J connectivity index is 1.56. The van der Waals surface area contributed by atoms with Gasteiger partial charge < -0.3 is 20.4 Å². The van der Waals surface area contributed by atoms with Crippen LogP contribution in [0.2, 0.25) is 0 Å². The maximum absolute atomic E-state index is 12.5. The third kappa shape index (κ3) is 7.64. The molecule has 1 heterocycles. The van der Waals surface area contributed by atoms with Gasteiger partial charge in [-0.15, -0.1) is 10.2 Å². The van der Waals surface area contributed by atoms with Crippen molar-refractivity contribution in [3.63, 3.8) is 0 Å². The van der Waals surface area contributed by atoms with Crippen LogP contribution in [0.15, 0.2) is 53.7 Å². The van der Waals surface area contributed by atoms with Crippen LogP contribution in [0.3, 0.4) is 0 Å². The molecule has 3 rings (SSSR count). The molecule has 33 heavy (non-hydrogen) atoms. The van der Waals surface area contributed by atoms with E-state index in [-0.39, 0.29) is 24.0 Å². The molecule has 0 aliphatic heterocycles. The van der Waals surface area contributed by atoms with Crippen LogP contribution in [-0.2, 0) is 22.6 Å². The van der Waals surface area contributed by atoms with Crippen molar-refractivity contribution in [1.82, 2.24) is 14.8 Å². The minimum Gasteiger partial charge on any atom is -0.457 e. The van der Waals surface area contributed by atoms with Gasteiger partial charge >= 0.3 is 0 Å². The van der Waals surface area contributed by atoms with Crippen molar-refractivity contribution >= 4 is 29.3 Å². The van der Waals surface area contributed by atoms with Gasteiger partial charge in [-0.1, -0.05) is 37.7 Å². The fraction of sp³-hybridized carbons (Fsp3) is 0.333. The van der Waals surface area contributed by atoms with Gasteiger partial charge in [-0.3, -0.25) is 9.59 Å². The fourth-order valence-corrected chi connectivity index (χ4v) is 3.91. The lowest BCUT2D eigenvalue weighted by Gasteiger charge is -2.12. The molecule has 174 valence electrons. The summed E-state index contributed by atoms with van der Waals surface area (Å²) in [6.07, 6.45) is 0.643. The van der Waals surface area contributed by atoms with Crippen molar-refractivity contribution < 1.29 is 14.3 Å². The summed E-state index contributed by atoms with van der Waals surface area (Å²) >= 11 is 1.31. The second-order valence-corrected chi connectivity index (χ2v) is 9.09. The summed E-state index contributed by atoms with van der Waals surface area (Å²) in [6, 6.07) is 15.1. The number of nitrogens with two attached hydrogens (primary N) is 1. The lowest BCUT2D eigenvalue weighted by molar-refractivity contribution is -0.118. The molecule has 0 unspecified atom stereocenters. The van der Waals surface area contributed by atoms with E-state index in [9.17, 15) is 9.59 Å². The zero-order chi connectivity index (χ0) is 23.8. The number of ether oxygens (including phenoxy) is 1. The maximum Gasteiger partial charge on any atom is 0.234 e. The van der Waals surface area contributed by atoms with E-state index in [0.717, 1.165) is 11.3 Å². The molecule has 0 saturated carbocycles. The Morgan fingerprint density at radius 1 is 1.12 bits per heavy atom. The van der Waals surface area contributed by atoms with Crippen LogP contribution in [0.5, 0.6) is 11.5 Å². The van der Waals surface area contributed by atoms with Gasteiger partial charge in [-0.05, 0) is 54.8 Å². The number of amides is 2. The predicted octanol–water partition coefficient (Wildman–Crippen LogP) is 4.18. The number of aryl methyl sites for hydroxylation is 2. The van der Waals surface area contributed by atoms with E-state index in [4.69, 9.17) is 10.5 Å². The topological polar surface area (TPSA) is 112 Å². The summed E-state index contributed by atoms with van der Waals surface area (Å²) in [5.74, 6) is 2.19. The second-order valence-electron chi connectivity index (χ2n) is 8.15. The van der Waals surface area contributed by atoms with E-state index in [1.807, 2.05) is 47.9 Å². The van der Waals surface area contributed by atoms with Gasteiger partial charge in [0.2, 0.25) is 11.8 Å². The Morgan fingerprint density at radius 2 is 1.88 bits per heavy atom. The molecule has 0 atom stereocenters. The van der Waals surface area contributed by atoms with Gasteiger partial charge in [0.1, 0.15) is 17.3 Å². The SMILES string of the molecule is Cc1cccc(Oc2ccc(NC(=O)CSc3nnc(CCC(N)=O)n3CC(C)C)cc2)c1. The predicted molar refractivity (Wildman–Crippen MR) is 129 cm³/mol. The van der Waals surface area contributed by atoms with Gasteiger partial charge in [0.25, 0.3) is 0 Å². The summed E-state index contributed by atoms with van der Waals surface area (Å²) < 4.78 is 7.80. The average molecular weight is 468 g/mol. The number of nitrogens with zero attached hydrogens (tertiary/aromatic N) is 3. The highest BCUT2D eigenvalue weighted by atomic mass is 32.2. The minimum atomic E-state index is -0.377. The number of nitrogens with one attached hydrogen (secondary N) is 1. The van der Waals surface area contributed by atoms with Crippen LogP contribution in [0.1, 0.15) is 31.7 Å². The summed E-state index contributed by atoms with van der Waals surface area (Å²) in [6.45, 7) is 6.89. The van der Waals surface area contributed by atoms with Crippen molar-refractivity contribution in [3.05, 3.63) is 59.9 Å². The van der Waals surface area contributed by atoms with Crippen LogP contribution in [0, 0.1) is 12.8 Å². The van der Waals surface area contributed by atoms with Crippen LogP contribution >= 0.6 is 11.8 Å². The molecule has 3 aromatic rings. The summed E-state index contributed by atoms with van der Waals surface area (Å²) in [5, 5.41) is 11.9. The van der Waals surface area contributed by atoms with Gasteiger partial charge in [-0.2, -0.15) is 0 Å². The highest BCUT2D eigenvalue weighted by Crippen LogP contribution is 2.24. The molecule has 0 aliphatic carbocycles. The quantitative estimate of drug-likeness (QED) is 0.409. The van der Waals surface area contributed by atoms with E-state index < -0.39 is 0 Å². The Morgan fingerprint density at radius 3 is 2.55 bits per heavy atom. The monoisotopic (exact) mass is 467 g/mol. The highest BCUT2D eigenvalue weighted by Gasteiger charge is 2.16. The first-order valence-corrected chi connectivity index (χ1v) is 11.8. The van der Waals surface area contributed by atoms with Gasteiger partial charge in [-0.25, -0.2) is 0 Å². The van der Waals surface area contributed by atoms with Crippen LogP contribution in [0.25, 0.3) is 0 Å². The zero-order valence-corrected chi connectivity index (χ0v) is 19.9. The van der Waals surface area contributed by atoms with Crippen molar-refractivity contribution in [2.24, 2.45) is 11.7 Å². The van der Waals surface area contributed by atoms with Crippen LogP contribution in [-0.4, -0.2) is 32.3 Å². The molecule has 0 aliphatic rings. The number of carbonyl (C=O) groups is 2. The molecule has 3 N–H and O–H groups in total. The Hall–Kier alpha value is -3.33. The third-order valence-corrected chi connectivity index (χ3v) is 5.60. The zero-order valence-electron chi connectivity index (χ0n) is 19.1. The Kier molecular flexibility index (Phi) is 8.48. The second kappa shape index (κ2) is 11.5. The molecule has 1 aromatic heterocycles. The number of benzene rings is 2. The molecule has 2 amide bonds. The maximum atomic E-state index is 12.5. The molecule has 0 spiro atoms. The summed E-state index contributed by atoms with van der Waals surface area (Å²) in [4.78, 5) is 23.6. The van der Waals surface area contributed by atoms with E-state index in [2.05, 4.69) is 29.4 Å². The normalized spacial score (nSPS) is 10.9. The van der Waals surface area contributed by atoms with Crippen molar-refractivity contribution in [1.29, 1.82) is 0 Å². The Labute approximate surface area is 197 Å². The van der Waals surface area contributed by atoms with Gasteiger partial charge in [0.15, 0.2) is 5.16 Å². The van der Waals surface area contributed by atoms with E-state index in [0.29, 0.717) is 41.3 Å². The Bertz CT molecular complexity index is 1100. The standard InChI is InChI=1S/C24H29N5O3S/c1-16(2)14-29-22(12-11-21(25)30)27-28-24(29)33-15-23(31)26-18-7-9-19(10-8-18)32-20-6-4-5-17(3)13-20/h4-10,13,16H,11-12,14-15H2,1-3H3,(H2,25,30)(H,26,31). The van der Waals surface area contributed by atoms with Crippen LogP contribution in [0.4, 0.5) is 5.69 Å². The number of hydrogen-bond donors (Lipinski definition) is 2. The first kappa shape index (κ1) is 24.3. The van der Waals surface area contributed by atoms with E-state index >= 15 is 0 Å².